The second kappa shape index (κ2) is 6.75. The van der Waals surface area contributed by atoms with E-state index in [4.69, 9.17) is 22.6 Å². The number of hydrogen-bond acceptors (Lipinski definition) is 4. The number of halogens is 1. The van der Waals surface area contributed by atoms with Gasteiger partial charge in [0.2, 0.25) is 10.0 Å². The lowest BCUT2D eigenvalue weighted by Crippen LogP contribution is -2.40. The summed E-state index contributed by atoms with van der Waals surface area (Å²) in [5.74, 6) is 0.288. The second-order valence-electron chi connectivity index (χ2n) is 5.21. The highest BCUT2D eigenvalue weighted by Gasteiger charge is 2.31. The molecule has 1 saturated heterocycles. The Labute approximate surface area is 130 Å². The van der Waals surface area contributed by atoms with Crippen LogP contribution in [0, 0.1) is 17.2 Å². The number of nitrogens with zero attached hydrogens (tertiary/aromatic N) is 2. The van der Waals surface area contributed by atoms with E-state index in [0.29, 0.717) is 19.6 Å². The molecule has 0 amide bonds. The lowest BCUT2D eigenvalue weighted by Gasteiger charge is -2.32. The van der Waals surface area contributed by atoms with Gasteiger partial charge in [0.15, 0.2) is 0 Å². The molecule has 1 aromatic carbocycles. The number of nitriles is 1. The van der Waals surface area contributed by atoms with Gasteiger partial charge < -0.3 is 5.73 Å². The molecule has 1 heterocycles. The third-order valence-corrected chi connectivity index (χ3v) is 6.08. The van der Waals surface area contributed by atoms with E-state index in [2.05, 4.69) is 0 Å². The molecule has 0 aliphatic carbocycles. The molecule has 5 nitrogen and oxygen atoms in total. The summed E-state index contributed by atoms with van der Waals surface area (Å²) in [7, 11) is -3.67. The van der Waals surface area contributed by atoms with Gasteiger partial charge in [0, 0.05) is 13.1 Å². The quantitative estimate of drug-likeness (QED) is 0.915. The molecule has 2 rings (SSSR count). The van der Waals surface area contributed by atoms with Crippen LogP contribution in [-0.4, -0.2) is 32.4 Å². The largest absolute Gasteiger partial charge is 0.330 e. The number of rotatable bonds is 4. The van der Waals surface area contributed by atoms with Crippen LogP contribution in [0.1, 0.15) is 24.8 Å². The zero-order valence-corrected chi connectivity index (χ0v) is 13.2. The first-order valence-corrected chi connectivity index (χ1v) is 8.70. The predicted octanol–water partition coefficient (Wildman–Crippen LogP) is 1.96. The van der Waals surface area contributed by atoms with Crippen LogP contribution in [0.3, 0.4) is 0 Å². The summed E-state index contributed by atoms with van der Waals surface area (Å²) in [5.41, 5.74) is 5.85. The van der Waals surface area contributed by atoms with Gasteiger partial charge in [-0.2, -0.15) is 9.57 Å². The maximum Gasteiger partial charge on any atom is 0.244 e. The minimum atomic E-state index is -3.67. The first kappa shape index (κ1) is 16.2. The Hall–Kier alpha value is -1.13. The molecule has 1 aromatic rings. The number of nitrogens with two attached hydrogens (primary N) is 1. The van der Waals surface area contributed by atoms with Gasteiger partial charge in [0.05, 0.1) is 16.7 Å². The number of hydrogen-bond donors (Lipinski definition) is 1. The molecule has 0 radical (unpaired) electrons. The van der Waals surface area contributed by atoms with Crippen molar-refractivity contribution < 1.29 is 8.42 Å². The van der Waals surface area contributed by atoms with Crippen LogP contribution in [-0.2, 0) is 10.0 Å². The fourth-order valence-electron chi connectivity index (χ4n) is 2.63. The van der Waals surface area contributed by atoms with Crippen molar-refractivity contribution in [2.45, 2.75) is 24.2 Å². The van der Waals surface area contributed by atoms with Crippen LogP contribution in [0.2, 0.25) is 5.02 Å². The summed E-state index contributed by atoms with van der Waals surface area (Å²) in [4.78, 5) is 0.0108. The van der Waals surface area contributed by atoms with Gasteiger partial charge in [-0.15, -0.1) is 0 Å². The van der Waals surface area contributed by atoms with Crippen molar-refractivity contribution in [3.8, 4) is 6.07 Å². The summed E-state index contributed by atoms with van der Waals surface area (Å²) < 4.78 is 26.9. The lowest BCUT2D eigenvalue weighted by atomic mass is 9.96. The normalized spacial score (nSPS) is 20.1. The summed E-state index contributed by atoms with van der Waals surface area (Å²) in [6, 6.07) is 6.24. The topological polar surface area (TPSA) is 87.2 Å². The van der Waals surface area contributed by atoms with Gasteiger partial charge in [-0.1, -0.05) is 11.6 Å². The van der Waals surface area contributed by atoms with E-state index in [1.807, 2.05) is 6.07 Å². The molecule has 21 heavy (non-hydrogen) atoms. The Bertz CT molecular complexity index is 653. The Morgan fingerprint density at radius 3 is 2.90 bits per heavy atom. The number of piperidine rings is 1. The van der Waals surface area contributed by atoms with E-state index in [1.165, 1.54) is 22.5 Å². The highest BCUT2D eigenvalue weighted by atomic mass is 35.5. The van der Waals surface area contributed by atoms with Gasteiger partial charge >= 0.3 is 0 Å². The molecule has 114 valence electrons. The van der Waals surface area contributed by atoms with Crippen LogP contribution in [0.4, 0.5) is 0 Å². The molecular weight excluding hydrogens is 310 g/mol. The SMILES string of the molecule is N#Cc1ccc(Cl)c(S(=O)(=O)N2CCCC(CCN)C2)c1. The van der Waals surface area contributed by atoms with E-state index in [9.17, 15) is 8.42 Å². The van der Waals surface area contributed by atoms with E-state index >= 15 is 0 Å². The summed E-state index contributed by atoms with van der Waals surface area (Å²) in [6.07, 6.45) is 2.63. The zero-order valence-electron chi connectivity index (χ0n) is 11.6. The molecule has 1 unspecified atom stereocenters. The molecule has 7 heteroatoms. The molecule has 1 aliphatic heterocycles. The molecule has 0 aromatic heterocycles. The Balaban J connectivity index is 2.31. The molecule has 0 bridgehead atoms. The monoisotopic (exact) mass is 327 g/mol. The van der Waals surface area contributed by atoms with Crippen molar-refractivity contribution in [1.82, 2.24) is 4.31 Å². The highest BCUT2D eigenvalue weighted by Crippen LogP contribution is 2.29. The van der Waals surface area contributed by atoms with Crippen LogP contribution in [0.25, 0.3) is 0 Å². The van der Waals surface area contributed by atoms with Gasteiger partial charge in [-0.05, 0) is 49.9 Å². The van der Waals surface area contributed by atoms with E-state index in [-0.39, 0.29) is 21.4 Å². The summed E-state index contributed by atoms with van der Waals surface area (Å²) in [6.45, 7) is 1.51. The molecule has 0 saturated carbocycles. The minimum Gasteiger partial charge on any atom is -0.330 e. The van der Waals surface area contributed by atoms with Gasteiger partial charge in [0.1, 0.15) is 4.90 Å². The fraction of sp³-hybridized carbons (Fsp3) is 0.500. The van der Waals surface area contributed by atoms with Crippen molar-refractivity contribution in [1.29, 1.82) is 5.26 Å². The van der Waals surface area contributed by atoms with E-state index in [1.54, 1.807) is 0 Å². The molecule has 1 fully saturated rings. The van der Waals surface area contributed by atoms with Crippen molar-refractivity contribution in [2.24, 2.45) is 11.7 Å². The van der Waals surface area contributed by atoms with Crippen LogP contribution in [0.15, 0.2) is 23.1 Å². The van der Waals surface area contributed by atoms with Crippen molar-refractivity contribution in [3.05, 3.63) is 28.8 Å². The lowest BCUT2D eigenvalue weighted by molar-refractivity contribution is 0.258. The van der Waals surface area contributed by atoms with E-state index in [0.717, 1.165) is 19.3 Å². The Kier molecular flexibility index (Phi) is 5.22. The Morgan fingerprint density at radius 1 is 1.48 bits per heavy atom. The third kappa shape index (κ3) is 3.55. The van der Waals surface area contributed by atoms with Crippen molar-refractivity contribution in [2.75, 3.05) is 19.6 Å². The fourth-order valence-corrected chi connectivity index (χ4v) is 4.68. The zero-order chi connectivity index (χ0) is 15.5. The first-order chi connectivity index (χ1) is 9.98. The minimum absolute atomic E-state index is 0.0108. The number of benzene rings is 1. The smallest absolute Gasteiger partial charge is 0.244 e. The molecular formula is C14H18ClN3O2S. The van der Waals surface area contributed by atoms with Crippen LogP contribution < -0.4 is 5.73 Å². The third-order valence-electron chi connectivity index (χ3n) is 3.73. The van der Waals surface area contributed by atoms with Crippen LogP contribution >= 0.6 is 11.6 Å². The van der Waals surface area contributed by atoms with Gasteiger partial charge in [0.25, 0.3) is 0 Å². The summed E-state index contributed by atoms with van der Waals surface area (Å²) >= 11 is 6.02. The highest BCUT2D eigenvalue weighted by molar-refractivity contribution is 7.89. The maximum atomic E-state index is 12.7. The van der Waals surface area contributed by atoms with Crippen molar-refractivity contribution >= 4 is 21.6 Å². The molecule has 1 aliphatic rings. The van der Waals surface area contributed by atoms with E-state index < -0.39 is 10.0 Å². The first-order valence-electron chi connectivity index (χ1n) is 6.89. The number of sulfonamides is 1. The Morgan fingerprint density at radius 2 is 2.24 bits per heavy atom. The maximum absolute atomic E-state index is 12.7. The second-order valence-corrected chi connectivity index (χ2v) is 7.52. The van der Waals surface area contributed by atoms with Crippen LogP contribution in [0.5, 0.6) is 0 Å². The average Bonchev–Trinajstić information content (AvgIpc) is 2.48. The average molecular weight is 328 g/mol. The van der Waals surface area contributed by atoms with Gasteiger partial charge in [-0.25, -0.2) is 8.42 Å². The molecule has 1 atom stereocenters. The molecule has 0 spiro atoms. The van der Waals surface area contributed by atoms with Crippen molar-refractivity contribution in [3.63, 3.8) is 0 Å². The molecule has 2 N–H and O–H groups in total. The summed E-state index contributed by atoms with van der Waals surface area (Å²) in [5, 5.41) is 9.07. The van der Waals surface area contributed by atoms with Gasteiger partial charge in [-0.3, -0.25) is 0 Å². The standard InChI is InChI=1S/C14H18ClN3O2S/c15-13-4-3-12(9-17)8-14(13)21(19,20)18-7-1-2-11(10-18)5-6-16/h3-4,8,11H,1-2,5-7,10,16H2. The predicted molar refractivity (Wildman–Crippen MR) is 81.3 cm³/mol.